The summed E-state index contributed by atoms with van der Waals surface area (Å²) in [5.41, 5.74) is 1.04. The average Bonchev–Trinajstić information content (AvgIpc) is 2.82. The summed E-state index contributed by atoms with van der Waals surface area (Å²) in [6.45, 7) is 2.90. The predicted molar refractivity (Wildman–Crippen MR) is 82.6 cm³/mol. The molecule has 0 aliphatic rings. The van der Waals surface area contributed by atoms with Crippen molar-refractivity contribution in [2.75, 3.05) is 13.7 Å². The highest BCUT2D eigenvalue weighted by Crippen LogP contribution is 2.33. The highest BCUT2D eigenvalue weighted by atomic mass is 79.9. The Balaban J connectivity index is 2.46. The summed E-state index contributed by atoms with van der Waals surface area (Å²) in [6.07, 6.45) is 0. The number of ether oxygens (including phenoxy) is 1. The van der Waals surface area contributed by atoms with Crippen molar-refractivity contribution in [2.24, 2.45) is 0 Å². The molecule has 1 atom stereocenters. The maximum Gasteiger partial charge on any atom is 0.169 e. The first kappa shape index (κ1) is 14.6. The normalized spacial score (nSPS) is 12.4. The summed E-state index contributed by atoms with van der Waals surface area (Å²) < 4.78 is 12.8. The zero-order valence-electron chi connectivity index (χ0n) is 10.7. The van der Waals surface area contributed by atoms with Gasteiger partial charge in [0.25, 0.3) is 0 Å². The van der Waals surface area contributed by atoms with Gasteiger partial charge in [-0.05, 0) is 52.8 Å². The Morgan fingerprint density at radius 2 is 2.05 bits per heavy atom. The van der Waals surface area contributed by atoms with Crippen LogP contribution in [0.4, 0.5) is 0 Å². The van der Waals surface area contributed by atoms with Crippen LogP contribution in [0.15, 0.2) is 43.9 Å². The molecule has 0 amide bonds. The number of nitrogens with one attached hydrogen (secondary N) is 1. The van der Waals surface area contributed by atoms with Gasteiger partial charge in [0, 0.05) is 10.0 Å². The van der Waals surface area contributed by atoms with Gasteiger partial charge in [-0.1, -0.05) is 22.9 Å². The second-order valence-corrected chi connectivity index (χ2v) is 5.72. The van der Waals surface area contributed by atoms with Crippen LogP contribution in [0.2, 0.25) is 0 Å². The molecule has 1 aromatic carbocycles. The third kappa shape index (κ3) is 3.41. The summed E-state index contributed by atoms with van der Waals surface area (Å²) >= 11 is 6.84. The van der Waals surface area contributed by atoms with Crippen molar-refractivity contribution in [2.45, 2.75) is 13.0 Å². The fourth-order valence-corrected chi connectivity index (χ4v) is 2.68. The third-order valence-corrected chi connectivity index (χ3v) is 3.71. The van der Waals surface area contributed by atoms with Crippen LogP contribution in [-0.4, -0.2) is 13.7 Å². The van der Waals surface area contributed by atoms with Gasteiger partial charge >= 0.3 is 0 Å². The quantitative estimate of drug-likeness (QED) is 0.817. The molecule has 102 valence electrons. The molecule has 0 aliphatic heterocycles. The number of hydrogen-bond donors (Lipinski definition) is 1. The Morgan fingerprint density at radius 1 is 1.26 bits per heavy atom. The molecule has 0 aliphatic carbocycles. The molecule has 0 spiro atoms. The molecular formula is C14H15Br2NO2. The van der Waals surface area contributed by atoms with E-state index in [2.05, 4.69) is 44.1 Å². The van der Waals surface area contributed by atoms with Crippen LogP contribution in [-0.2, 0) is 0 Å². The third-order valence-electron chi connectivity index (χ3n) is 2.79. The highest BCUT2D eigenvalue weighted by Gasteiger charge is 2.20. The van der Waals surface area contributed by atoms with Crippen molar-refractivity contribution < 1.29 is 9.15 Å². The van der Waals surface area contributed by atoms with E-state index in [-0.39, 0.29) is 6.04 Å². The minimum Gasteiger partial charge on any atom is -0.496 e. The molecule has 1 unspecified atom stereocenters. The average molecular weight is 389 g/mol. The number of benzene rings is 1. The van der Waals surface area contributed by atoms with Crippen LogP contribution in [0.3, 0.4) is 0 Å². The van der Waals surface area contributed by atoms with Crippen LogP contribution in [0, 0.1) is 0 Å². The van der Waals surface area contributed by atoms with Gasteiger partial charge in [-0.25, -0.2) is 0 Å². The van der Waals surface area contributed by atoms with Crippen molar-refractivity contribution >= 4 is 31.9 Å². The first-order valence-electron chi connectivity index (χ1n) is 5.97. The molecule has 3 nitrogen and oxygen atoms in total. The van der Waals surface area contributed by atoms with Crippen LogP contribution >= 0.6 is 31.9 Å². The van der Waals surface area contributed by atoms with E-state index in [4.69, 9.17) is 9.15 Å². The lowest BCUT2D eigenvalue weighted by Gasteiger charge is -2.19. The zero-order valence-corrected chi connectivity index (χ0v) is 13.9. The van der Waals surface area contributed by atoms with Crippen molar-refractivity contribution in [3.63, 3.8) is 0 Å². The number of rotatable bonds is 5. The summed E-state index contributed by atoms with van der Waals surface area (Å²) in [7, 11) is 1.67. The Labute approximate surface area is 129 Å². The number of halogens is 2. The van der Waals surface area contributed by atoms with Gasteiger partial charge in [0.2, 0.25) is 0 Å². The first-order valence-corrected chi connectivity index (χ1v) is 7.56. The number of methoxy groups -OCH3 is 1. The smallest absolute Gasteiger partial charge is 0.169 e. The van der Waals surface area contributed by atoms with Crippen molar-refractivity contribution in [3.05, 3.63) is 50.8 Å². The summed E-state index contributed by atoms with van der Waals surface area (Å²) in [6, 6.07) is 9.76. The lowest BCUT2D eigenvalue weighted by atomic mass is 10.0. The van der Waals surface area contributed by atoms with E-state index in [1.54, 1.807) is 7.11 Å². The van der Waals surface area contributed by atoms with Crippen molar-refractivity contribution in [1.82, 2.24) is 5.32 Å². The molecule has 0 radical (unpaired) electrons. The van der Waals surface area contributed by atoms with Gasteiger partial charge in [-0.3, -0.25) is 0 Å². The van der Waals surface area contributed by atoms with Crippen molar-refractivity contribution in [3.8, 4) is 5.75 Å². The molecule has 2 rings (SSSR count). The Morgan fingerprint density at radius 3 is 2.63 bits per heavy atom. The molecular weight excluding hydrogens is 374 g/mol. The van der Waals surface area contributed by atoms with Crippen LogP contribution in [0.5, 0.6) is 5.75 Å². The molecule has 0 bridgehead atoms. The minimum absolute atomic E-state index is 0.0382. The van der Waals surface area contributed by atoms with E-state index in [0.29, 0.717) is 0 Å². The summed E-state index contributed by atoms with van der Waals surface area (Å²) in [5, 5.41) is 3.42. The van der Waals surface area contributed by atoms with Crippen molar-refractivity contribution in [1.29, 1.82) is 0 Å². The lowest BCUT2D eigenvalue weighted by molar-refractivity contribution is 0.391. The highest BCUT2D eigenvalue weighted by molar-refractivity contribution is 9.10. The molecule has 1 aromatic heterocycles. The Bertz CT molecular complexity index is 554. The lowest BCUT2D eigenvalue weighted by Crippen LogP contribution is -2.22. The topological polar surface area (TPSA) is 34.4 Å². The maximum atomic E-state index is 5.68. The molecule has 5 heteroatoms. The second-order valence-electron chi connectivity index (χ2n) is 4.02. The standard InChI is InChI=1S/C14H15Br2NO2/c1-3-17-14(12-6-7-13(16)19-12)10-8-9(15)4-5-11(10)18-2/h4-8,14,17H,3H2,1-2H3. The van der Waals surface area contributed by atoms with Gasteiger partial charge < -0.3 is 14.5 Å². The Kier molecular flexibility index (Phi) is 5.07. The van der Waals surface area contributed by atoms with E-state index >= 15 is 0 Å². The van der Waals surface area contributed by atoms with E-state index in [1.165, 1.54) is 0 Å². The van der Waals surface area contributed by atoms with Gasteiger partial charge in [-0.2, -0.15) is 0 Å². The second kappa shape index (κ2) is 6.59. The fourth-order valence-electron chi connectivity index (χ4n) is 1.98. The minimum atomic E-state index is -0.0382. The zero-order chi connectivity index (χ0) is 13.8. The number of hydrogen-bond acceptors (Lipinski definition) is 3. The molecule has 0 saturated heterocycles. The monoisotopic (exact) mass is 387 g/mol. The molecule has 1 heterocycles. The Hall–Kier alpha value is -0.780. The van der Waals surface area contributed by atoms with E-state index in [1.807, 2.05) is 30.3 Å². The van der Waals surface area contributed by atoms with E-state index in [9.17, 15) is 0 Å². The summed E-state index contributed by atoms with van der Waals surface area (Å²) in [5.74, 6) is 1.69. The molecule has 0 fully saturated rings. The van der Waals surface area contributed by atoms with Crippen LogP contribution in [0.1, 0.15) is 24.3 Å². The maximum absolute atomic E-state index is 5.68. The van der Waals surface area contributed by atoms with Crippen LogP contribution < -0.4 is 10.1 Å². The van der Waals surface area contributed by atoms with Gasteiger partial charge in [0.05, 0.1) is 13.2 Å². The van der Waals surface area contributed by atoms with E-state index in [0.717, 1.165) is 32.8 Å². The fraction of sp³-hybridized carbons (Fsp3) is 0.286. The first-order chi connectivity index (χ1) is 9.15. The molecule has 0 saturated carbocycles. The van der Waals surface area contributed by atoms with Gasteiger partial charge in [-0.15, -0.1) is 0 Å². The van der Waals surface area contributed by atoms with Gasteiger partial charge in [0.1, 0.15) is 11.5 Å². The largest absolute Gasteiger partial charge is 0.496 e. The molecule has 2 aromatic rings. The molecule has 19 heavy (non-hydrogen) atoms. The van der Waals surface area contributed by atoms with Gasteiger partial charge in [0.15, 0.2) is 4.67 Å². The van der Waals surface area contributed by atoms with E-state index < -0.39 is 0 Å². The predicted octanol–water partition coefficient (Wildman–Crippen LogP) is 4.51. The summed E-state index contributed by atoms with van der Waals surface area (Å²) in [4.78, 5) is 0. The SMILES string of the molecule is CCNC(c1ccc(Br)o1)c1cc(Br)ccc1OC. The number of furan rings is 1. The van der Waals surface area contributed by atoms with Crippen LogP contribution in [0.25, 0.3) is 0 Å². The molecule has 1 N–H and O–H groups in total.